The fourth-order valence-electron chi connectivity index (χ4n) is 0.676. The second-order valence-corrected chi connectivity index (χ2v) is 3.27. The van der Waals surface area contributed by atoms with E-state index >= 15 is 0 Å². The zero-order valence-corrected chi connectivity index (χ0v) is 8.15. The standard InChI is InChI=1S/C6H3F4IN2/c7-3-4(11)2(12)1-13-5(3)6(8,9)10/h1H,12H2. The third kappa shape index (κ3) is 2.01. The number of hydrogen-bond acceptors (Lipinski definition) is 2. The Bertz CT molecular complexity index is 336. The summed E-state index contributed by atoms with van der Waals surface area (Å²) in [6.07, 6.45) is -3.99. The number of nitrogens with two attached hydrogens (primary N) is 1. The molecule has 0 saturated heterocycles. The Hall–Kier alpha value is -0.600. The maximum Gasteiger partial charge on any atom is 0.436 e. The first-order valence-electron chi connectivity index (χ1n) is 3.00. The molecule has 0 bridgehead atoms. The molecule has 0 fully saturated rings. The monoisotopic (exact) mass is 306 g/mol. The summed E-state index contributed by atoms with van der Waals surface area (Å²) in [5.74, 6) is -1.42. The lowest BCUT2D eigenvalue weighted by atomic mass is 10.3. The fourth-order valence-corrected chi connectivity index (χ4v) is 1.07. The van der Waals surface area contributed by atoms with Crippen LogP contribution in [-0.4, -0.2) is 4.98 Å². The third-order valence-corrected chi connectivity index (χ3v) is 2.35. The van der Waals surface area contributed by atoms with Crippen LogP contribution in [0.5, 0.6) is 0 Å². The number of halogens is 5. The molecule has 0 aliphatic heterocycles. The van der Waals surface area contributed by atoms with Crippen molar-refractivity contribution in [3.63, 3.8) is 0 Å². The Labute approximate surface area is 84.3 Å². The summed E-state index contributed by atoms with van der Waals surface area (Å²) < 4.78 is 48.7. The van der Waals surface area contributed by atoms with Crippen LogP contribution in [0.1, 0.15) is 5.69 Å². The highest BCUT2D eigenvalue weighted by Gasteiger charge is 2.37. The number of hydrogen-bond donors (Lipinski definition) is 1. The molecule has 7 heteroatoms. The average molecular weight is 306 g/mol. The highest BCUT2D eigenvalue weighted by atomic mass is 127. The number of aromatic nitrogens is 1. The van der Waals surface area contributed by atoms with Gasteiger partial charge in [-0.3, -0.25) is 0 Å². The van der Waals surface area contributed by atoms with Gasteiger partial charge < -0.3 is 5.73 Å². The van der Waals surface area contributed by atoms with Gasteiger partial charge in [0.05, 0.1) is 15.5 Å². The number of nitrogen functional groups attached to an aromatic ring is 1. The van der Waals surface area contributed by atoms with Gasteiger partial charge in [-0.1, -0.05) is 0 Å². The van der Waals surface area contributed by atoms with Crippen molar-refractivity contribution in [2.24, 2.45) is 0 Å². The van der Waals surface area contributed by atoms with Crippen LogP contribution in [0.15, 0.2) is 6.20 Å². The molecule has 0 atom stereocenters. The summed E-state index contributed by atoms with van der Waals surface area (Å²) in [5, 5.41) is 0. The molecule has 1 heterocycles. The van der Waals surface area contributed by atoms with E-state index in [2.05, 4.69) is 4.98 Å². The van der Waals surface area contributed by atoms with Gasteiger partial charge in [0, 0.05) is 0 Å². The summed E-state index contributed by atoms with van der Waals surface area (Å²) in [6, 6.07) is 0. The van der Waals surface area contributed by atoms with E-state index in [1.807, 2.05) is 0 Å². The molecule has 72 valence electrons. The molecular formula is C6H3F4IN2. The van der Waals surface area contributed by atoms with Crippen LogP contribution in [0, 0.1) is 9.39 Å². The van der Waals surface area contributed by atoms with E-state index in [1.54, 1.807) is 0 Å². The molecule has 2 nitrogen and oxygen atoms in total. The second kappa shape index (κ2) is 3.28. The summed E-state index contributed by atoms with van der Waals surface area (Å²) in [7, 11) is 0. The molecule has 0 amide bonds. The fraction of sp³-hybridized carbons (Fsp3) is 0.167. The Morgan fingerprint density at radius 3 is 2.38 bits per heavy atom. The predicted molar refractivity (Wildman–Crippen MR) is 46.3 cm³/mol. The zero-order valence-electron chi connectivity index (χ0n) is 5.99. The SMILES string of the molecule is Nc1cnc(C(F)(F)F)c(F)c1I. The van der Waals surface area contributed by atoms with Crippen molar-refractivity contribution in [3.05, 3.63) is 21.3 Å². The average Bonchev–Trinajstić information content (AvgIpc) is 1.98. The topological polar surface area (TPSA) is 38.9 Å². The molecule has 1 aromatic rings. The van der Waals surface area contributed by atoms with Crippen molar-refractivity contribution < 1.29 is 17.6 Å². The molecule has 0 unspecified atom stereocenters. The van der Waals surface area contributed by atoms with Crippen LogP contribution in [0.4, 0.5) is 23.2 Å². The summed E-state index contributed by atoms with van der Waals surface area (Å²) in [6.45, 7) is 0. The molecule has 0 spiro atoms. The van der Waals surface area contributed by atoms with Crippen molar-refractivity contribution in [1.82, 2.24) is 4.98 Å². The first kappa shape index (κ1) is 10.5. The van der Waals surface area contributed by atoms with Gasteiger partial charge in [-0.25, -0.2) is 9.37 Å². The van der Waals surface area contributed by atoms with Gasteiger partial charge in [-0.2, -0.15) is 13.2 Å². The Balaban J connectivity index is 3.35. The van der Waals surface area contributed by atoms with Gasteiger partial charge in [0.1, 0.15) is 0 Å². The van der Waals surface area contributed by atoms with Crippen molar-refractivity contribution >= 4 is 28.3 Å². The molecule has 0 aliphatic carbocycles. The van der Waals surface area contributed by atoms with Gasteiger partial charge in [0.2, 0.25) is 0 Å². The largest absolute Gasteiger partial charge is 0.436 e. The summed E-state index contributed by atoms with van der Waals surface area (Å²) in [5.41, 5.74) is 3.51. The first-order valence-corrected chi connectivity index (χ1v) is 4.08. The number of anilines is 1. The van der Waals surface area contributed by atoms with Gasteiger partial charge in [0.25, 0.3) is 0 Å². The van der Waals surface area contributed by atoms with Crippen LogP contribution in [-0.2, 0) is 6.18 Å². The molecule has 13 heavy (non-hydrogen) atoms. The quantitative estimate of drug-likeness (QED) is 0.590. The van der Waals surface area contributed by atoms with E-state index in [9.17, 15) is 17.6 Å². The molecular weight excluding hydrogens is 303 g/mol. The maximum absolute atomic E-state index is 12.9. The summed E-state index contributed by atoms with van der Waals surface area (Å²) >= 11 is 1.39. The van der Waals surface area contributed by atoms with Crippen LogP contribution in [0.2, 0.25) is 0 Å². The van der Waals surface area contributed by atoms with E-state index in [4.69, 9.17) is 5.73 Å². The van der Waals surface area contributed by atoms with E-state index in [1.165, 1.54) is 22.6 Å². The predicted octanol–water partition coefficient (Wildman–Crippen LogP) is 2.43. The van der Waals surface area contributed by atoms with Crippen LogP contribution < -0.4 is 5.73 Å². The lowest BCUT2D eigenvalue weighted by Crippen LogP contribution is -2.13. The van der Waals surface area contributed by atoms with E-state index < -0.39 is 17.7 Å². The minimum atomic E-state index is -4.78. The van der Waals surface area contributed by atoms with Crippen LogP contribution >= 0.6 is 22.6 Å². The number of pyridine rings is 1. The molecule has 1 aromatic heterocycles. The minimum Gasteiger partial charge on any atom is -0.397 e. The summed E-state index contributed by atoms with van der Waals surface area (Å²) in [4.78, 5) is 2.88. The molecule has 2 N–H and O–H groups in total. The molecule has 0 aromatic carbocycles. The van der Waals surface area contributed by atoms with Crippen molar-refractivity contribution in [3.8, 4) is 0 Å². The maximum atomic E-state index is 12.9. The lowest BCUT2D eigenvalue weighted by Gasteiger charge is -2.08. The second-order valence-electron chi connectivity index (χ2n) is 2.19. The smallest absolute Gasteiger partial charge is 0.397 e. The van der Waals surface area contributed by atoms with E-state index in [0.29, 0.717) is 0 Å². The van der Waals surface area contributed by atoms with Crippen molar-refractivity contribution in [2.75, 3.05) is 5.73 Å². The number of rotatable bonds is 0. The highest BCUT2D eigenvalue weighted by Crippen LogP contribution is 2.32. The third-order valence-electron chi connectivity index (χ3n) is 1.26. The number of nitrogens with zero attached hydrogens (tertiary/aromatic N) is 1. The Morgan fingerprint density at radius 2 is 1.92 bits per heavy atom. The van der Waals surface area contributed by atoms with Crippen LogP contribution in [0.3, 0.4) is 0 Å². The van der Waals surface area contributed by atoms with E-state index in [-0.39, 0.29) is 9.26 Å². The van der Waals surface area contributed by atoms with Gasteiger partial charge in [-0.15, -0.1) is 0 Å². The van der Waals surface area contributed by atoms with Crippen LogP contribution in [0.25, 0.3) is 0 Å². The van der Waals surface area contributed by atoms with Crippen molar-refractivity contribution in [1.29, 1.82) is 0 Å². The van der Waals surface area contributed by atoms with Gasteiger partial charge in [-0.05, 0) is 22.6 Å². The van der Waals surface area contributed by atoms with E-state index in [0.717, 1.165) is 6.20 Å². The Kier molecular flexibility index (Phi) is 2.64. The van der Waals surface area contributed by atoms with Crippen molar-refractivity contribution in [2.45, 2.75) is 6.18 Å². The van der Waals surface area contributed by atoms with Gasteiger partial charge in [0.15, 0.2) is 11.5 Å². The highest BCUT2D eigenvalue weighted by molar-refractivity contribution is 14.1. The minimum absolute atomic E-state index is 0.105. The molecule has 0 aliphatic rings. The number of alkyl halides is 3. The van der Waals surface area contributed by atoms with Gasteiger partial charge >= 0.3 is 6.18 Å². The Morgan fingerprint density at radius 1 is 1.38 bits per heavy atom. The normalized spacial score (nSPS) is 11.8. The molecule has 0 saturated carbocycles. The first-order chi connectivity index (χ1) is 5.84. The lowest BCUT2D eigenvalue weighted by molar-refractivity contribution is -0.143. The zero-order chi connectivity index (χ0) is 10.2. The molecule has 1 rings (SSSR count). The molecule has 0 radical (unpaired) electrons.